The third-order valence-electron chi connectivity index (χ3n) is 4.12. The number of nitrogens with one attached hydrogen (secondary N) is 3. The Morgan fingerprint density at radius 1 is 1.19 bits per heavy atom. The van der Waals surface area contributed by atoms with E-state index in [1.165, 1.54) is 0 Å². The molecule has 1 amide bonds. The number of para-hydroxylation sites is 2. The molecular weight excluding hydrogens is 362 g/mol. The van der Waals surface area contributed by atoms with Crippen molar-refractivity contribution in [1.29, 1.82) is 0 Å². The summed E-state index contributed by atoms with van der Waals surface area (Å²) in [6, 6.07) is 16.9. The van der Waals surface area contributed by atoms with Gasteiger partial charge >= 0.3 is 0 Å². The molecule has 0 saturated heterocycles. The number of ether oxygens (including phenoxy) is 1. The van der Waals surface area contributed by atoms with E-state index >= 15 is 0 Å². The third-order valence-corrected chi connectivity index (χ3v) is 4.51. The summed E-state index contributed by atoms with van der Waals surface area (Å²) in [6.07, 6.45) is 0.572. The van der Waals surface area contributed by atoms with Gasteiger partial charge in [-0.05, 0) is 17.7 Å². The molecule has 2 aromatic carbocycles. The van der Waals surface area contributed by atoms with Crippen LogP contribution < -0.4 is 15.4 Å². The fourth-order valence-corrected chi connectivity index (χ4v) is 3.00. The monoisotopic (exact) mass is 379 g/mol. The van der Waals surface area contributed by atoms with E-state index in [4.69, 9.17) is 17.0 Å². The summed E-state index contributed by atoms with van der Waals surface area (Å²) in [5.41, 5.74) is 1.86. The van der Waals surface area contributed by atoms with Crippen molar-refractivity contribution < 1.29 is 9.53 Å². The highest BCUT2D eigenvalue weighted by Crippen LogP contribution is 2.26. The van der Waals surface area contributed by atoms with Gasteiger partial charge in [0.1, 0.15) is 29.2 Å². The van der Waals surface area contributed by atoms with E-state index in [1.807, 2.05) is 54.6 Å². The lowest BCUT2D eigenvalue weighted by Gasteiger charge is -2.15. The molecular formula is C19H17N5O2S. The Kier molecular flexibility index (Phi) is 4.80. The lowest BCUT2D eigenvalue weighted by molar-refractivity contribution is 0.0927. The number of H-pyrrole nitrogens is 1. The van der Waals surface area contributed by atoms with Crippen molar-refractivity contribution in [1.82, 2.24) is 20.5 Å². The largest absolute Gasteiger partial charge is 0.489 e. The zero-order chi connectivity index (χ0) is 18.6. The van der Waals surface area contributed by atoms with Crippen LogP contribution in [0, 0.1) is 0 Å². The number of carbonyl (C=O) groups excluding carboxylic acids is 1. The number of anilines is 1. The van der Waals surface area contributed by atoms with Crippen molar-refractivity contribution >= 4 is 28.8 Å². The van der Waals surface area contributed by atoms with Crippen LogP contribution in [0.15, 0.2) is 54.6 Å². The van der Waals surface area contributed by atoms with Crippen LogP contribution in [0.2, 0.25) is 0 Å². The van der Waals surface area contributed by atoms with Gasteiger partial charge in [0.05, 0.1) is 5.69 Å². The van der Waals surface area contributed by atoms with E-state index in [0.717, 1.165) is 11.3 Å². The minimum Gasteiger partial charge on any atom is -0.489 e. The van der Waals surface area contributed by atoms with E-state index in [9.17, 15) is 4.79 Å². The van der Waals surface area contributed by atoms with E-state index < -0.39 is 11.9 Å². The Balaban J connectivity index is 1.41. The van der Waals surface area contributed by atoms with Gasteiger partial charge in [0.15, 0.2) is 0 Å². The molecule has 7 nitrogen and oxygen atoms in total. The Bertz CT molecular complexity index is 973. The number of hydrogen-bond acceptors (Lipinski definition) is 5. The first-order valence-electron chi connectivity index (χ1n) is 8.48. The molecule has 1 atom stereocenters. The molecule has 0 fully saturated rings. The maximum atomic E-state index is 12.5. The molecule has 3 N–H and O–H groups in total. The van der Waals surface area contributed by atoms with Gasteiger partial charge in [-0.3, -0.25) is 9.89 Å². The molecule has 1 aromatic heterocycles. The predicted molar refractivity (Wildman–Crippen MR) is 105 cm³/mol. The van der Waals surface area contributed by atoms with Crippen LogP contribution in [0.5, 0.6) is 5.75 Å². The summed E-state index contributed by atoms with van der Waals surface area (Å²) < 4.78 is 5.74. The van der Waals surface area contributed by atoms with Crippen LogP contribution in [-0.4, -0.2) is 38.7 Å². The summed E-state index contributed by atoms with van der Waals surface area (Å²) in [7, 11) is 0. The summed E-state index contributed by atoms with van der Waals surface area (Å²) in [5, 5.41) is 12.8. The van der Waals surface area contributed by atoms with E-state index in [-0.39, 0.29) is 12.4 Å². The van der Waals surface area contributed by atoms with Gasteiger partial charge in [0.25, 0.3) is 5.91 Å². The minimum atomic E-state index is -0.476. The topological polar surface area (TPSA) is 91.9 Å². The first-order chi connectivity index (χ1) is 13.2. The van der Waals surface area contributed by atoms with Crippen molar-refractivity contribution in [3.63, 3.8) is 0 Å². The quantitative estimate of drug-likeness (QED) is 0.603. The second-order valence-corrected chi connectivity index (χ2v) is 6.53. The zero-order valence-electron chi connectivity index (χ0n) is 14.3. The second-order valence-electron chi connectivity index (χ2n) is 6.09. The van der Waals surface area contributed by atoms with Crippen molar-refractivity contribution in [2.45, 2.75) is 12.5 Å². The van der Waals surface area contributed by atoms with Crippen LogP contribution in [0.4, 0.5) is 5.69 Å². The normalized spacial score (nSPS) is 15.9. The van der Waals surface area contributed by atoms with Crippen LogP contribution in [-0.2, 0) is 6.42 Å². The van der Waals surface area contributed by atoms with Gasteiger partial charge in [-0.2, -0.15) is 0 Å². The molecule has 1 aliphatic rings. The van der Waals surface area contributed by atoms with Crippen LogP contribution in [0.1, 0.15) is 22.0 Å². The second kappa shape index (κ2) is 7.55. The Hall–Kier alpha value is -3.26. The fourth-order valence-electron chi connectivity index (χ4n) is 2.76. The number of aromatic amines is 1. The molecule has 0 bridgehead atoms. The molecule has 0 saturated carbocycles. The third kappa shape index (κ3) is 3.95. The van der Waals surface area contributed by atoms with Gasteiger partial charge < -0.3 is 15.4 Å². The molecule has 136 valence electrons. The highest BCUT2D eigenvalue weighted by Gasteiger charge is 2.25. The molecule has 0 radical (unpaired) electrons. The standard InChI is InChI=1S/C19H17N5O2S/c25-18(17-22-16(23-24-17)10-12-6-2-1-3-7-12)20-14-11-26-15-9-5-4-8-13(15)21-19(14)27/h1-9,14H,10-11H2,(H,20,25)(H,21,27)(H,22,23,24)/t14-/m1/s1. The van der Waals surface area contributed by atoms with Gasteiger partial charge in [-0.15, -0.1) is 5.10 Å². The fraction of sp³-hybridized carbons (Fsp3) is 0.158. The summed E-state index contributed by atoms with van der Waals surface area (Å²) in [5.74, 6) is 0.982. The number of fused-ring (bicyclic) bond motifs is 1. The van der Waals surface area contributed by atoms with Crippen molar-refractivity contribution in [3.05, 3.63) is 71.8 Å². The van der Waals surface area contributed by atoms with Gasteiger partial charge in [-0.1, -0.05) is 54.7 Å². The summed E-state index contributed by atoms with van der Waals surface area (Å²) in [4.78, 5) is 17.3. The molecule has 2 heterocycles. The molecule has 4 rings (SSSR count). The predicted octanol–water partition coefficient (Wildman–Crippen LogP) is 2.33. The number of benzene rings is 2. The summed E-state index contributed by atoms with van der Waals surface area (Å²) >= 11 is 5.40. The van der Waals surface area contributed by atoms with E-state index in [0.29, 0.717) is 23.0 Å². The SMILES string of the molecule is O=C(N[C@@H]1COc2ccccc2NC1=S)c1n[nH]c(Cc2ccccc2)n1. The Morgan fingerprint density at radius 2 is 1.96 bits per heavy atom. The van der Waals surface area contributed by atoms with Gasteiger partial charge in [-0.25, -0.2) is 4.98 Å². The minimum absolute atomic E-state index is 0.0745. The molecule has 1 aliphatic heterocycles. The number of aromatic nitrogens is 3. The number of carbonyl (C=O) groups is 1. The highest BCUT2D eigenvalue weighted by molar-refractivity contribution is 7.80. The number of nitrogens with zero attached hydrogens (tertiary/aromatic N) is 2. The smallest absolute Gasteiger partial charge is 0.291 e. The van der Waals surface area contributed by atoms with E-state index in [1.54, 1.807) is 0 Å². The lowest BCUT2D eigenvalue weighted by Crippen LogP contribution is -2.45. The van der Waals surface area contributed by atoms with E-state index in [2.05, 4.69) is 25.8 Å². The number of hydrogen-bond donors (Lipinski definition) is 3. The molecule has 0 spiro atoms. The Morgan fingerprint density at radius 3 is 2.81 bits per heavy atom. The molecule has 0 aliphatic carbocycles. The lowest BCUT2D eigenvalue weighted by atomic mass is 10.1. The maximum Gasteiger partial charge on any atom is 0.291 e. The molecule has 8 heteroatoms. The summed E-state index contributed by atoms with van der Waals surface area (Å²) in [6.45, 7) is 0.232. The van der Waals surface area contributed by atoms with Crippen LogP contribution >= 0.6 is 12.2 Å². The van der Waals surface area contributed by atoms with Gasteiger partial charge in [0, 0.05) is 6.42 Å². The van der Waals surface area contributed by atoms with Gasteiger partial charge in [0.2, 0.25) is 5.82 Å². The number of rotatable bonds is 4. The average molecular weight is 379 g/mol. The average Bonchev–Trinajstić information content (AvgIpc) is 3.09. The number of amides is 1. The van der Waals surface area contributed by atoms with Crippen molar-refractivity contribution in [2.75, 3.05) is 11.9 Å². The van der Waals surface area contributed by atoms with Crippen molar-refractivity contribution in [2.24, 2.45) is 0 Å². The Labute approximate surface area is 161 Å². The molecule has 3 aromatic rings. The molecule has 27 heavy (non-hydrogen) atoms. The van der Waals surface area contributed by atoms with Crippen LogP contribution in [0.3, 0.4) is 0 Å². The van der Waals surface area contributed by atoms with Crippen molar-refractivity contribution in [3.8, 4) is 5.75 Å². The zero-order valence-corrected chi connectivity index (χ0v) is 15.1. The molecule has 0 unspecified atom stereocenters. The highest BCUT2D eigenvalue weighted by atomic mass is 32.1. The first kappa shape index (κ1) is 17.2. The maximum absolute atomic E-state index is 12.5. The first-order valence-corrected chi connectivity index (χ1v) is 8.88. The number of thiocarbonyl (C=S) groups is 1. The van der Waals surface area contributed by atoms with Crippen LogP contribution in [0.25, 0.3) is 0 Å².